The third-order valence-corrected chi connectivity index (χ3v) is 7.67. The third kappa shape index (κ3) is 2.53. The van der Waals surface area contributed by atoms with Crippen molar-refractivity contribution >= 4 is 21.8 Å². The monoisotopic (exact) mass is 374 g/mol. The number of fused-ring (bicyclic) bond motifs is 1. The second-order valence-electron chi connectivity index (χ2n) is 7.45. The van der Waals surface area contributed by atoms with Gasteiger partial charge in [0.05, 0.1) is 22.8 Å². The van der Waals surface area contributed by atoms with Gasteiger partial charge < -0.3 is 0 Å². The van der Waals surface area contributed by atoms with Crippen molar-refractivity contribution in [1.29, 1.82) is 0 Å². The fourth-order valence-electron chi connectivity index (χ4n) is 4.09. The summed E-state index contributed by atoms with van der Waals surface area (Å²) in [6.45, 7) is 3.99. The second kappa shape index (κ2) is 6.03. The van der Waals surface area contributed by atoms with E-state index in [1.165, 1.54) is 9.21 Å². The summed E-state index contributed by atoms with van der Waals surface area (Å²) in [7, 11) is -3.61. The van der Waals surface area contributed by atoms with Crippen LogP contribution >= 0.6 is 0 Å². The minimum Gasteiger partial charge on any atom is -0.276 e. The highest BCUT2D eigenvalue weighted by Gasteiger charge is 2.53. The molecule has 0 aromatic heterocycles. The highest BCUT2D eigenvalue weighted by molar-refractivity contribution is 7.89. The van der Waals surface area contributed by atoms with Gasteiger partial charge in [0.1, 0.15) is 0 Å². The molecule has 7 heteroatoms. The molecule has 0 N–H and O–H groups in total. The van der Waals surface area contributed by atoms with E-state index in [9.17, 15) is 18.0 Å². The summed E-state index contributed by atoms with van der Waals surface area (Å²) in [4.78, 5) is 26.9. The van der Waals surface area contributed by atoms with Gasteiger partial charge in [-0.15, -0.1) is 0 Å². The first kappa shape index (κ1) is 17.4. The largest absolute Gasteiger partial charge is 0.276 e. The Morgan fingerprint density at radius 1 is 0.962 bits per heavy atom. The van der Waals surface area contributed by atoms with Gasteiger partial charge in [-0.2, -0.15) is 4.31 Å². The number of carbonyl (C=O) groups is 2. The lowest BCUT2D eigenvalue weighted by Crippen LogP contribution is -2.62. The summed E-state index contributed by atoms with van der Waals surface area (Å²) in [5.41, 5.74) is 1.58. The zero-order valence-corrected chi connectivity index (χ0v) is 15.7. The molecule has 0 spiro atoms. The van der Waals surface area contributed by atoms with Crippen LogP contribution in [0.5, 0.6) is 0 Å². The third-order valence-electron chi connectivity index (χ3n) is 5.70. The molecule has 138 valence electrons. The number of nitrogens with zero attached hydrogens (tertiary/aromatic N) is 2. The Labute approximate surface area is 153 Å². The van der Waals surface area contributed by atoms with E-state index in [1.54, 1.807) is 19.1 Å². The number of likely N-dealkylation sites (tertiary alicyclic amines) is 1. The van der Waals surface area contributed by atoms with E-state index in [4.69, 9.17) is 0 Å². The molecule has 3 aliphatic rings. The van der Waals surface area contributed by atoms with Gasteiger partial charge >= 0.3 is 0 Å². The van der Waals surface area contributed by atoms with Crippen LogP contribution < -0.4 is 0 Å². The number of carbonyl (C=O) groups excluding carboxylic acids is 2. The maximum Gasteiger partial charge on any atom is 0.243 e. The summed E-state index contributed by atoms with van der Waals surface area (Å²) in [5.74, 6) is -0.814. The molecular weight excluding hydrogens is 352 g/mol. The molecule has 6 nitrogen and oxygen atoms in total. The van der Waals surface area contributed by atoms with Gasteiger partial charge in [0.2, 0.25) is 21.8 Å². The highest BCUT2D eigenvalue weighted by atomic mass is 32.2. The zero-order valence-electron chi connectivity index (χ0n) is 14.9. The molecule has 2 heterocycles. The number of sulfonamides is 1. The molecule has 0 saturated carbocycles. The Morgan fingerprint density at radius 2 is 1.54 bits per heavy atom. The first-order chi connectivity index (χ1) is 12.3. The zero-order chi connectivity index (χ0) is 18.6. The normalized spacial score (nSPS) is 26.9. The van der Waals surface area contributed by atoms with E-state index >= 15 is 0 Å². The van der Waals surface area contributed by atoms with Crippen LogP contribution in [0.15, 0.2) is 35.2 Å². The number of hydrogen-bond donors (Lipinski definition) is 0. The smallest absolute Gasteiger partial charge is 0.243 e. The van der Waals surface area contributed by atoms with Crippen molar-refractivity contribution in [3.8, 4) is 0 Å². The van der Waals surface area contributed by atoms with Crippen LogP contribution in [0, 0.1) is 25.7 Å². The van der Waals surface area contributed by atoms with Crippen molar-refractivity contribution in [2.75, 3.05) is 13.1 Å². The van der Waals surface area contributed by atoms with Crippen LogP contribution in [0.4, 0.5) is 0 Å². The van der Waals surface area contributed by atoms with Gasteiger partial charge in [0, 0.05) is 13.1 Å². The number of benzene rings is 1. The van der Waals surface area contributed by atoms with Crippen LogP contribution in [-0.2, 0) is 19.6 Å². The average molecular weight is 374 g/mol. The fraction of sp³-hybridized carbons (Fsp3) is 0.474. The van der Waals surface area contributed by atoms with Crippen LogP contribution in [0.2, 0.25) is 0 Å². The summed E-state index contributed by atoms with van der Waals surface area (Å²) >= 11 is 0. The van der Waals surface area contributed by atoms with E-state index in [0.29, 0.717) is 23.3 Å². The van der Waals surface area contributed by atoms with E-state index in [2.05, 4.69) is 0 Å². The number of amides is 2. The molecule has 26 heavy (non-hydrogen) atoms. The lowest BCUT2D eigenvalue weighted by atomic mass is 9.85. The average Bonchev–Trinajstić information content (AvgIpc) is 2.81. The molecule has 1 aliphatic carbocycles. The first-order valence-electron chi connectivity index (χ1n) is 8.90. The molecule has 1 aromatic carbocycles. The van der Waals surface area contributed by atoms with Gasteiger partial charge in [-0.05, 0) is 43.9 Å². The van der Waals surface area contributed by atoms with Gasteiger partial charge in [-0.25, -0.2) is 8.42 Å². The van der Waals surface area contributed by atoms with Gasteiger partial charge in [-0.3, -0.25) is 14.5 Å². The predicted molar refractivity (Wildman–Crippen MR) is 95.7 cm³/mol. The second-order valence-corrected chi connectivity index (χ2v) is 9.35. The lowest BCUT2D eigenvalue weighted by Gasteiger charge is -2.42. The van der Waals surface area contributed by atoms with E-state index in [1.807, 2.05) is 25.1 Å². The molecule has 1 aromatic rings. The van der Waals surface area contributed by atoms with Gasteiger partial charge in [0.25, 0.3) is 0 Å². The molecule has 2 fully saturated rings. The van der Waals surface area contributed by atoms with Crippen LogP contribution in [0.3, 0.4) is 0 Å². The van der Waals surface area contributed by atoms with Crippen molar-refractivity contribution in [3.63, 3.8) is 0 Å². The van der Waals surface area contributed by atoms with E-state index in [0.717, 1.165) is 5.56 Å². The fourth-order valence-corrected chi connectivity index (χ4v) is 5.91. The Hall–Kier alpha value is -1.99. The Balaban J connectivity index is 1.51. The van der Waals surface area contributed by atoms with Crippen molar-refractivity contribution in [2.24, 2.45) is 11.8 Å². The summed E-state index contributed by atoms with van der Waals surface area (Å²) in [6, 6.07) is 5.00. The van der Waals surface area contributed by atoms with Crippen LogP contribution in [0.25, 0.3) is 0 Å². The number of imide groups is 1. The molecule has 0 bridgehead atoms. The standard InChI is InChI=1S/C19H22N2O4S/c1-12-7-8-13(2)17(9-12)26(24,25)20-10-14(11-20)21-18(22)15-5-3-4-6-16(15)19(21)23/h3-4,7-9,14-16H,5-6,10-11H2,1-2H3. The quantitative estimate of drug-likeness (QED) is 0.595. The van der Waals surface area contributed by atoms with E-state index in [-0.39, 0.29) is 42.8 Å². The van der Waals surface area contributed by atoms with Crippen LogP contribution in [-0.4, -0.2) is 48.6 Å². The summed E-state index contributed by atoms with van der Waals surface area (Å²) in [6.07, 6.45) is 5.10. The lowest BCUT2D eigenvalue weighted by molar-refractivity contribution is -0.145. The first-order valence-corrected chi connectivity index (χ1v) is 10.3. The van der Waals surface area contributed by atoms with Crippen molar-refractivity contribution in [3.05, 3.63) is 41.5 Å². The minimum atomic E-state index is -3.61. The Bertz CT molecular complexity index is 889. The number of rotatable bonds is 3. The number of allylic oxidation sites excluding steroid dienone is 2. The highest BCUT2D eigenvalue weighted by Crippen LogP contribution is 2.38. The van der Waals surface area contributed by atoms with Crippen molar-refractivity contribution in [2.45, 2.75) is 37.6 Å². The molecule has 2 atom stereocenters. The molecule has 2 aliphatic heterocycles. The molecule has 0 radical (unpaired) electrons. The summed E-state index contributed by atoms with van der Waals surface area (Å²) < 4.78 is 27.1. The van der Waals surface area contributed by atoms with Gasteiger partial charge in [-0.1, -0.05) is 24.3 Å². The van der Waals surface area contributed by atoms with Crippen LogP contribution in [0.1, 0.15) is 24.0 Å². The SMILES string of the molecule is Cc1ccc(C)c(S(=O)(=O)N2CC(N3C(=O)C4CC=CCC4C3=O)C2)c1. The number of aryl methyl sites for hydroxylation is 2. The molecule has 2 unspecified atom stereocenters. The minimum absolute atomic E-state index is 0.141. The van der Waals surface area contributed by atoms with Crippen molar-refractivity contribution in [1.82, 2.24) is 9.21 Å². The Morgan fingerprint density at radius 3 is 2.12 bits per heavy atom. The molecular formula is C19H22N2O4S. The Kier molecular flexibility index (Phi) is 4.04. The maximum absolute atomic E-state index is 12.9. The van der Waals surface area contributed by atoms with E-state index < -0.39 is 10.0 Å². The maximum atomic E-state index is 12.9. The molecule has 2 amide bonds. The molecule has 2 saturated heterocycles. The predicted octanol–water partition coefficient (Wildman–Crippen LogP) is 1.63. The van der Waals surface area contributed by atoms with Gasteiger partial charge in [0.15, 0.2) is 0 Å². The molecule has 4 rings (SSSR count). The van der Waals surface area contributed by atoms with Crippen molar-refractivity contribution < 1.29 is 18.0 Å². The summed E-state index contributed by atoms with van der Waals surface area (Å²) in [5, 5.41) is 0. The topological polar surface area (TPSA) is 74.8 Å². The number of hydrogen-bond acceptors (Lipinski definition) is 4.